The summed E-state index contributed by atoms with van der Waals surface area (Å²) in [5.74, 6) is 4.65. The second-order valence-electron chi connectivity index (χ2n) is 0.958. The monoisotopic (exact) mass is 119 g/mol. The molecule has 0 saturated heterocycles. The molecule has 0 aliphatic heterocycles. The SMILES string of the molecule is NC=NOCCON. The third-order valence-corrected chi connectivity index (χ3v) is 0.428. The number of nitrogens with zero attached hydrogens (tertiary/aromatic N) is 1. The van der Waals surface area contributed by atoms with E-state index in [0.717, 1.165) is 6.34 Å². The van der Waals surface area contributed by atoms with Gasteiger partial charge >= 0.3 is 0 Å². The molecule has 0 aliphatic rings. The molecule has 4 N–H and O–H groups in total. The average Bonchev–Trinajstić information content (AvgIpc) is 1.81. The highest BCUT2D eigenvalue weighted by Crippen LogP contribution is 1.70. The van der Waals surface area contributed by atoms with Gasteiger partial charge in [-0.2, -0.15) is 0 Å². The molecule has 0 aliphatic carbocycles. The molecule has 0 fully saturated rings. The van der Waals surface area contributed by atoms with Gasteiger partial charge in [0.15, 0.2) is 0 Å². The molecule has 48 valence electrons. The van der Waals surface area contributed by atoms with Crippen LogP contribution in [0.4, 0.5) is 0 Å². The fourth-order valence-electron chi connectivity index (χ4n) is 0.181. The quantitative estimate of drug-likeness (QED) is 0.210. The predicted octanol–water partition coefficient (Wildman–Crippen LogP) is -1.20. The van der Waals surface area contributed by atoms with Crippen molar-refractivity contribution in [1.29, 1.82) is 0 Å². The Balaban J connectivity index is 2.72. The standard InChI is InChI=1S/C3H9N3O2/c4-3-6-8-2-1-7-5/h3H,1-2,5H2,(H2,4,6). The zero-order valence-electron chi connectivity index (χ0n) is 4.41. The van der Waals surface area contributed by atoms with Crippen molar-refractivity contribution in [2.24, 2.45) is 16.8 Å². The molecular weight excluding hydrogens is 110 g/mol. The first-order valence-corrected chi connectivity index (χ1v) is 2.09. The van der Waals surface area contributed by atoms with Crippen LogP contribution >= 0.6 is 0 Å². The molecule has 5 heteroatoms. The number of hydrogen-bond acceptors (Lipinski definition) is 4. The smallest absolute Gasteiger partial charge is 0.142 e. The van der Waals surface area contributed by atoms with Gasteiger partial charge in [-0.05, 0) is 0 Å². The van der Waals surface area contributed by atoms with Crippen LogP contribution in [-0.2, 0) is 9.68 Å². The lowest BCUT2D eigenvalue weighted by molar-refractivity contribution is 0.0513. The minimum Gasteiger partial charge on any atom is -0.392 e. The van der Waals surface area contributed by atoms with Crippen LogP contribution in [0.1, 0.15) is 0 Å². The summed E-state index contributed by atoms with van der Waals surface area (Å²) >= 11 is 0. The summed E-state index contributed by atoms with van der Waals surface area (Å²) < 4.78 is 0. The number of oxime groups is 1. The predicted molar refractivity (Wildman–Crippen MR) is 28.8 cm³/mol. The summed E-state index contributed by atoms with van der Waals surface area (Å²) in [6.45, 7) is 0.640. The maximum Gasteiger partial charge on any atom is 0.142 e. The first-order valence-electron chi connectivity index (χ1n) is 2.09. The van der Waals surface area contributed by atoms with E-state index in [9.17, 15) is 0 Å². The molecule has 0 radical (unpaired) electrons. The summed E-state index contributed by atoms with van der Waals surface area (Å²) in [5, 5.41) is 3.23. The molecule has 0 heterocycles. The van der Waals surface area contributed by atoms with E-state index >= 15 is 0 Å². The molecule has 0 amide bonds. The van der Waals surface area contributed by atoms with Gasteiger partial charge in [-0.15, -0.1) is 0 Å². The van der Waals surface area contributed by atoms with E-state index in [2.05, 4.69) is 20.7 Å². The Morgan fingerprint density at radius 2 is 2.25 bits per heavy atom. The van der Waals surface area contributed by atoms with E-state index in [1.807, 2.05) is 0 Å². The summed E-state index contributed by atoms with van der Waals surface area (Å²) in [5.41, 5.74) is 4.82. The fraction of sp³-hybridized carbons (Fsp3) is 0.667. The number of nitrogens with two attached hydrogens (primary N) is 2. The highest BCUT2D eigenvalue weighted by atomic mass is 16.7. The summed E-state index contributed by atoms with van der Waals surface area (Å²) in [6, 6.07) is 0. The van der Waals surface area contributed by atoms with Gasteiger partial charge in [-0.1, -0.05) is 5.16 Å². The normalized spacial score (nSPS) is 10.1. The Morgan fingerprint density at radius 3 is 2.75 bits per heavy atom. The van der Waals surface area contributed by atoms with Crippen molar-refractivity contribution >= 4 is 6.34 Å². The van der Waals surface area contributed by atoms with Crippen LogP contribution in [0.25, 0.3) is 0 Å². The fourth-order valence-corrected chi connectivity index (χ4v) is 0.181. The molecule has 0 spiro atoms. The highest BCUT2D eigenvalue weighted by Gasteiger charge is 1.78. The molecule has 0 bridgehead atoms. The zero-order valence-corrected chi connectivity index (χ0v) is 4.41. The van der Waals surface area contributed by atoms with Crippen LogP contribution in [0.5, 0.6) is 0 Å². The van der Waals surface area contributed by atoms with E-state index < -0.39 is 0 Å². The Kier molecular flexibility index (Phi) is 5.56. The van der Waals surface area contributed by atoms with Crippen LogP contribution in [0.15, 0.2) is 5.16 Å². The molecular formula is C3H9N3O2. The Morgan fingerprint density at radius 1 is 1.50 bits per heavy atom. The minimum absolute atomic E-state index is 0.317. The number of rotatable bonds is 4. The maximum atomic E-state index is 4.82. The van der Waals surface area contributed by atoms with Crippen molar-refractivity contribution < 1.29 is 9.68 Å². The summed E-state index contributed by atoms with van der Waals surface area (Å²) in [6.07, 6.45) is 1.05. The topological polar surface area (TPSA) is 82.9 Å². The zero-order chi connectivity index (χ0) is 6.24. The van der Waals surface area contributed by atoms with Gasteiger partial charge < -0.3 is 15.4 Å². The van der Waals surface area contributed by atoms with Gasteiger partial charge in [0.25, 0.3) is 0 Å². The van der Waals surface area contributed by atoms with Gasteiger partial charge in [-0.3, -0.25) is 0 Å². The number of hydrogen-bond donors (Lipinski definition) is 2. The Bertz CT molecular complexity index is 65.5. The molecule has 0 aromatic heterocycles. The van der Waals surface area contributed by atoms with Crippen LogP contribution in [0.2, 0.25) is 0 Å². The summed E-state index contributed by atoms with van der Waals surface area (Å²) in [7, 11) is 0. The molecule has 8 heavy (non-hydrogen) atoms. The third-order valence-electron chi connectivity index (χ3n) is 0.428. The van der Waals surface area contributed by atoms with E-state index in [4.69, 9.17) is 5.73 Å². The molecule has 0 aromatic carbocycles. The van der Waals surface area contributed by atoms with Gasteiger partial charge in [0, 0.05) is 0 Å². The van der Waals surface area contributed by atoms with Crippen molar-refractivity contribution in [1.82, 2.24) is 0 Å². The van der Waals surface area contributed by atoms with E-state index in [0.29, 0.717) is 13.2 Å². The van der Waals surface area contributed by atoms with Gasteiger partial charge in [0.1, 0.15) is 19.6 Å². The van der Waals surface area contributed by atoms with Crippen molar-refractivity contribution in [3.63, 3.8) is 0 Å². The van der Waals surface area contributed by atoms with E-state index in [1.165, 1.54) is 0 Å². The van der Waals surface area contributed by atoms with Gasteiger partial charge in [0.2, 0.25) is 0 Å². The lowest BCUT2D eigenvalue weighted by atomic mass is 10.8. The summed E-state index contributed by atoms with van der Waals surface area (Å²) in [4.78, 5) is 8.61. The second-order valence-corrected chi connectivity index (χ2v) is 0.958. The third kappa shape index (κ3) is 5.19. The second kappa shape index (κ2) is 6.19. The molecule has 0 aromatic rings. The molecule has 0 saturated carbocycles. The Hall–Kier alpha value is -0.810. The lowest BCUT2D eigenvalue weighted by Gasteiger charge is -1.93. The van der Waals surface area contributed by atoms with Crippen molar-refractivity contribution in [3.05, 3.63) is 0 Å². The van der Waals surface area contributed by atoms with Crippen LogP contribution in [-0.4, -0.2) is 19.6 Å². The highest BCUT2D eigenvalue weighted by molar-refractivity contribution is 5.49. The largest absolute Gasteiger partial charge is 0.392 e. The first-order chi connectivity index (χ1) is 3.91. The molecule has 0 unspecified atom stereocenters. The lowest BCUT2D eigenvalue weighted by Crippen LogP contribution is -2.06. The van der Waals surface area contributed by atoms with Gasteiger partial charge in [0.05, 0.1) is 0 Å². The van der Waals surface area contributed by atoms with Crippen LogP contribution < -0.4 is 11.6 Å². The average molecular weight is 119 g/mol. The van der Waals surface area contributed by atoms with Crippen LogP contribution in [0, 0.1) is 0 Å². The molecule has 5 nitrogen and oxygen atoms in total. The van der Waals surface area contributed by atoms with Crippen LogP contribution in [0.3, 0.4) is 0 Å². The van der Waals surface area contributed by atoms with Crippen molar-refractivity contribution in [2.45, 2.75) is 0 Å². The first kappa shape index (κ1) is 7.19. The van der Waals surface area contributed by atoms with E-state index in [-0.39, 0.29) is 0 Å². The van der Waals surface area contributed by atoms with Gasteiger partial charge in [-0.25, -0.2) is 5.90 Å². The van der Waals surface area contributed by atoms with Crippen molar-refractivity contribution in [3.8, 4) is 0 Å². The Labute approximate surface area is 47.2 Å². The van der Waals surface area contributed by atoms with Crippen molar-refractivity contribution in [2.75, 3.05) is 13.2 Å². The van der Waals surface area contributed by atoms with E-state index in [1.54, 1.807) is 0 Å². The molecule has 0 atom stereocenters. The molecule has 0 rings (SSSR count). The maximum absolute atomic E-state index is 4.82. The minimum atomic E-state index is 0.317.